The number of nitrogens with zero attached hydrogens (tertiary/aromatic N) is 1. The maximum absolute atomic E-state index is 12.6. The van der Waals surface area contributed by atoms with Gasteiger partial charge in [0.15, 0.2) is 11.5 Å². The van der Waals surface area contributed by atoms with Gasteiger partial charge in [0.25, 0.3) is 5.91 Å². The number of halogens is 1. The van der Waals surface area contributed by atoms with E-state index in [1.165, 1.54) is 6.42 Å². The van der Waals surface area contributed by atoms with Gasteiger partial charge in [-0.15, -0.1) is 0 Å². The summed E-state index contributed by atoms with van der Waals surface area (Å²) in [5, 5.41) is 0.440. The Bertz CT molecular complexity index is 532. The normalized spacial score (nSPS) is 21.7. The Balaban J connectivity index is 1.89. The van der Waals surface area contributed by atoms with E-state index in [9.17, 15) is 4.79 Å². The van der Waals surface area contributed by atoms with E-state index in [0.29, 0.717) is 35.3 Å². The minimum Gasteiger partial charge on any atom is -0.486 e. The first kappa shape index (κ1) is 13.6. The minimum absolute atomic E-state index is 0.0241. The van der Waals surface area contributed by atoms with E-state index in [4.69, 9.17) is 21.1 Å². The zero-order chi connectivity index (χ0) is 14.1. The third-order valence-electron chi connectivity index (χ3n) is 3.91. The van der Waals surface area contributed by atoms with Crippen molar-refractivity contribution in [3.8, 4) is 11.5 Å². The van der Waals surface area contributed by atoms with Crippen molar-refractivity contribution in [2.75, 3.05) is 19.8 Å². The topological polar surface area (TPSA) is 38.8 Å². The number of amides is 1. The SMILES string of the molecule is CC1CCCCN1C(=O)c1cc(Cl)c2c(c1)OCCO2. The van der Waals surface area contributed by atoms with Gasteiger partial charge in [0, 0.05) is 18.2 Å². The van der Waals surface area contributed by atoms with E-state index >= 15 is 0 Å². The molecule has 1 amide bonds. The van der Waals surface area contributed by atoms with Crippen molar-refractivity contribution in [1.29, 1.82) is 0 Å². The van der Waals surface area contributed by atoms with Gasteiger partial charge in [-0.25, -0.2) is 0 Å². The molecule has 0 spiro atoms. The zero-order valence-corrected chi connectivity index (χ0v) is 12.3. The van der Waals surface area contributed by atoms with Crippen molar-refractivity contribution >= 4 is 17.5 Å². The summed E-state index contributed by atoms with van der Waals surface area (Å²) in [5.41, 5.74) is 0.577. The Hall–Kier alpha value is -1.42. The van der Waals surface area contributed by atoms with Gasteiger partial charge < -0.3 is 14.4 Å². The number of benzene rings is 1. The maximum atomic E-state index is 12.6. The molecule has 1 aromatic carbocycles. The molecule has 0 aromatic heterocycles. The lowest BCUT2D eigenvalue weighted by Crippen LogP contribution is -2.42. The van der Waals surface area contributed by atoms with Gasteiger partial charge in [-0.2, -0.15) is 0 Å². The van der Waals surface area contributed by atoms with E-state index in [0.717, 1.165) is 19.4 Å². The van der Waals surface area contributed by atoms with Gasteiger partial charge in [0.1, 0.15) is 13.2 Å². The van der Waals surface area contributed by atoms with Crippen LogP contribution in [0, 0.1) is 0 Å². The number of carbonyl (C=O) groups is 1. The molecule has 4 nitrogen and oxygen atoms in total. The largest absolute Gasteiger partial charge is 0.486 e. The van der Waals surface area contributed by atoms with Crippen LogP contribution in [0.5, 0.6) is 11.5 Å². The van der Waals surface area contributed by atoms with Crippen LogP contribution in [0.2, 0.25) is 5.02 Å². The van der Waals surface area contributed by atoms with Crippen LogP contribution in [0.25, 0.3) is 0 Å². The highest BCUT2D eigenvalue weighted by Gasteiger charge is 2.26. The zero-order valence-electron chi connectivity index (χ0n) is 11.5. The van der Waals surface area contributed by atoms with E-state index < -0.39 is 0 Å². The molecule has 2 aliphatic rings. The van der Waals surface area contributed by atoms with Gasteiger partial charge in [-0.3, -0.25) is 4.79 Å². The molecule has 3 rings (SSSR count). The van der Waals surface area contributed by atoms with E-state index in [1.807, 2.05) is 4.90 Å². The number of rotatable bonds is 1. The lowest BCUT2D eigenvalue weighted by molar-refractivity contribution is 0.0634. The van der Waals surface area contributed by atoms with Gasteiger partial charge in [0.05, 0.1) is 5.02 Å². The quantitative estimate of drug-likeness (QED) is 0.799. The van der Waals surface area contributed by atoms with Crippen LogP contribution in [0.4, 0.5) is 0 Å². The Morgan fingerprint density at radius 3 is 2.90 bits per heavy atom. The van der Waals surface area contributed by atoms with Crippen LogP contribution in [-0.4, -0.2) is 36.6 Å². The molecule has 0 N–H and O–H groups in total. The second-order valence-corrected chi connectivity index (χ2v) is 5.73. The lowest BCUT2D eigenvalue weighted by Gasteiger charge is -2.33. The first-order chi connectivity index (χ1) is 9.66. The van der Waals surface area contributed by atoms with Crippen molar-refractivity contribution in [1.82, 2.24) is 4.90 Å². The van der Waals surface area contributed by atoms with E-state index in [1.54, 1.807) is 12.1 Å². The molecule has 1 unspecified atom stereocenters. The van der Waals surface area contributed by atoms with Crippen LogP contribution in [0.3, 0.4) is 0 Å². The molecule has 2 aliphatic heterocycles. The van der Waals surface area contributed by atoms with Gasteiger partial charge in [-0.1, -0.05) is 11.6 Å². The van der Waals surface area contributed by atoms with Crippen LogP contribution < -0.4 is 9.47 Å². The average molecular weight is 296 g/mol. The number of carbonyl (C=O) groups excluding carboxylic acids is 1. The van der Waals surface area contributed by atoms with Crippen molar-refractivity contribution < 1.29 is 14.3 Å². The third kappa shape index (κ3) is 2.44. The number of likely N-dealkylation sites (tertiary alicyclic amines) is 1. The molecular weight excluding hydrogens is 278 g/mol. The second kappa shape index (κ2) is 5.52. The fourth-order valence-corrected chi connectivity index (χ4v) is 3.07. The molecule has 0 radical (unpaired) electrons. The monoisotopic (exact) mass is 295 g/mol. The second-order valence-electron chi connectivity index (χ2n) is 5.33. The molecule has 0 aliphatic carbocycles. The van der Waals surface area contributed by atoms with Crippen molar-refractivity contribution in [2.24, 2.45) is 0 Å². The lowest BCUT2D eigenvalue weighted by atomic mass is 10.0. The molecule has 1 saturated heterocycles. The average Bonchev–Trinajstić information content (AvgIpc) is 2.47. The summed E-state index contributed by atoms with van der Waals surface area (Å²) in [6, 6.07) is 3.70. The van der Waals surface area contributed by atoms with E-state index in [2.05, 4.69) is 6.92 Å². The fraction of sp³-hybridized carbons (Fsp3) is 0.533. The van der Waals surface area contributed by atoms with Gasteiger partial charge in [0.2, 0.25) is 0 Å². The Morgan fingerprint density at radius 1 is 1.30 bits per heavy atom. The number of hydrogen-bond acceptors (Lipinski definition) is 3. The number of hydrogen-bond donors (Lipinski definition) is 0. The first-order valence-corrected chi connectivity index (χ1v) is 7.45. The number of fused-ring (bicyclic) bond motifs is 1. The van der Waals surface area contributed by atoms with Crippen LogP contribution >= 0.6 is 11.6 Å². The summed E-state index contributed by atoms with van der Waals surface area (Å²) < 4.78 is 11.0. The smallest absolute Gasteiger partial charge is 0.254 e. The summed E-state index contributed by atoms with van der Waals surface area (Å²) >= 11 is 6.19. The first-order valence-electron chi connectivity index (χ1n) is 7.07. The van der Waals surface area contributed by atoms with E-state index in [-0.39, 0.29) is 11.9 Å². The highest BCUT2D eigenvalue weighted by atomic mass is 35.5. The van der Waals surface area contributed by atoms with Crippen LogP contribution in [0.1, 0.15) is 36.5 Å². The Labute approximate surface area is 123 Å². The predicted molar refractivity (Wildman–Crippen MR) is 76.8 cm³/mol. The molecule has 1 aromatic rings. The van der Waals surface area contributed by atoms with Gasteiger partial charge in [-0.05, 0) is 38.3 Å². The highest BCUT2D eigenvalue weighted by molar-refractivity contribution is 6.32. The number of piperidine rings is 1. The summed E-state index contributed by atoms with van der Waals surface area (Å²) in [6.45, 7) is 3.88. The molecule has 1 fully saturated rings. The molecule has 0 saturated carbocycles. The molecule has 1 atom stereocenters. The Kier molecular flexibility index (Phi) is 3.74. The molecule has 20 heavy (non-hydrogen) atoms. The maximum Gasteiger partial charge on any atom is 0.254 e. The molecule has 2 heterocycles. The third-order valence-corrected chi connectivity index (χ3v) is 4.19. The van der Waals surface area contributed by atoms with Crippen molar-refractivity contribution in [3.63, 3.8) is 0 Å². The van der Waals surface area contributed by atoms with Gasteiger partial charge >= 0.3 is 0 Å². The molecule has 0 bridgehead atoms. The van der Waals surface area contributed by atoms with Crippen LogP contribution in [-0.2, 0) is 0 Å². The standard InChI is InChI=1S/C15H18ClNO3/c1-10-4-2-3-5-17(10)15(18)11-8-12(16)14-13(9-11)19-6-7-20-14/h8-10H,2-7H2,1H3. The summed E-state index contributed by atoms with van der Waals surface area (Å²) in [4.78, 5) is 14.5. The minimum atomic E-state index is 0.0241. The Morgan fingerprint density at radius 2 is 2.10 bits per heavy atom. The molecule has 5 heteroatoms. The predicted octanol–water partition coefficient (Wildman–Crippen LogP) is 3.13. The summed E-state index contributed by atoms with van der Waals surface area (Å²) in [6.07, 6.45) is 3.31. The molecule has 108 valence electrons. The number of ether oxygens (including phenoxy) is 2. The van der Waals surface area contributed by atoms with Crippen molar-refractivity contribution in [3.05, 3.63) is 22.7 Å². The fourth-order valence-electron chi connectivity index (χ4n) is 2.80. The van der Waals surface area contributed by atoms with Crippen LogP contribution in [0.15, 0.2) is 12.1 Å². The van der Waals surface area contributed by atoms with Crippen molar-refractivity contribution in [2.45, 2.75) is 32.2 Å². The summed E-state index contributed by atoms with van der Waals surface area (Å²) in [5.74, 6) is 1.13. The summed E-state index contributed by atoms with van der Waals surface area (Å²) in [7, 11) is 0. The molecular formula is C15H18ClNO3. The highest BCUT2D eigenvalue weighted by Crippen LogP contribution is 2.38.